The number of amides is 1. The molecule has 31 heavy (non-hydrogen) atoms. The van der Waals surface area contributed by atoms with Gasteiger partial charge in [-0.25, -0.2) is 9.97 Å². The Balaban J connectivity index is 1.55. The van der Waals surface area contributed by atoms with E-state index in [1.807, 2.05) is 19.1 Å². The fourth-order valence-corrected chi connectivity index (χ4v) is 4.04. The molecule has 5 rings (SSSR count). The summed E-state index contributed by atoms with van der Waals surface area (Å²) in [6.07, 6.45) is 5.86. The van der Waals surface area contributed by atoms with Crippen molar-refractivity contribution in [3.8, 4) is 28.5 Å². The molecule has 0 spiro atoms. The number of hydrogen-bond acceptors (Lipinski definition) is 7. The second kappa shape index (κ2) is 8.43. The lowest BCUT2D eigenvalue weighted by molar-refractivity contribution is 0.0931. The molecule has 1 fully saturated rings. The molecule has 2 aromatic heterocycles. The maximum atomic E-state index is 12.9. The molecule has 2 aliphatic rings. The topological polar surface area (TPSA) is 110 Å². The van der Waals surface area contributed by atoms with Crippen molar-refractivity contribution >= 4 is 16.9 Å². The highest BCUT2D eigenvalue weighted by atomic mass is 16.7. The quantitative estimate of drug-likeness (QED) is 0.559. The lowest BCUT2D eigenvalue weighted by Gasteiger charge is -2.23. The zero-order valence-corrected chi connectivity index (χ0v) is 17.4. The first kappa shape index (κ1) is 19.6. The van der Waals surface area contributed by atoms with Crippen LogP contribution in [0, 0.1) is 0 Å². The van der Waals surface area contributed by atoms with Crippen molar-refractivity contribution in [1.29, 1.82) is 0 Å². The number of carbonyl (C=O) groups is 1. The van der Waals surface area contributed by atoms with Gasteiger partial charge in [0.15, 0.2) is 11.5 Å². The number of carbonyl (C=O) groups excluding carboxylic acids is 1. The Morgan fingerprint density at radius 1 is 1.26 bits per heavy atom. The highest BCUT2D eigenvalue weighted by Crippen LogP contribution is 2.47. The first-order chi connectivity index (χ1) is 15.3. The predicted octanol–water partition coefficient (Wildman–Crippen LogP) is 2.62. The third-order valence-corrected chi connectivity index (χ3v) is 5.58. The number of piperidine rings is 1. The van der Waals surface area contributed by atoms with Crippen LogP contribution in [-0.4, -0.2) is 53.4 Å². The molecule has 1 amide bonds. The average Bonchev–Trinajstić information content (AvgIpc) is 3.45. The molecule has 0 unspecified atom stereocenters. The fourth-order valence-electron chi connectivity index (χ4n) is 4.04. The van der Waals surface area contributed by atoms with Gasteiger partial charge in [0, 0.05) is 12.2 Å². The molecule has 9 heteroatoms. The molecular weight excluding hydrogens is 398 g/mol. The second-order valence-electron chi connectivity index (χ2n) is 7.67. The van der Waals surface area contributed by atoms with Crippen molar-refractivity contribution in [2.45, 2.75) is 32.2 Å². The zero-order chi connectivity index (χ0) is 21.2. The summed E-state index contributed by atoms with van der Waals surface area (Å²) in [5.74, 6) is 1.74. The van der Waals surface area contributed by atoms with Gasteiger partial charge >= 0.3 is 0 Å². The number of nitrogens with one attached hydrogen (secondary N) is 3. The zero-order valence-electron chi connectivity index (χ0n) is 17.4. The smallest absolute Gasteiger partial charge is 0.255 e. The van der Waals surface area contributed by atoms with Crippen molar-refractivity contribution < 1.29 is 19.0 Å². The second-order valence-corrected chi connectivity index (χ2v) is 7.67. The molecule has 162 valence electrons. The monoisotopic (exact) mass is 423 g/mol. The van der Waals surface area contributed by atoms with Crippen LogP contribution in [0.3, 0.4) is 0 Å². The van der Waals surface area contributed by atoms with E-state index in [4.69, 9.17) is 14.2 Å². The van der Waals surface area contributed by atoms with Crippen molar-refractivity contribution in [2.75, 3.05) is 26.5 Å². The summed E-state index contributed by atoms with van der Waals surface area (Å²) in [6.45, 7) is 4.57. The van der Waals surface area contributed by atoms with Crippen LogP contribution in [0.15, 0.2) is 24.7 Å². The number of nitrogens with zero attached hydrogens (tertiary/aromatic N) is 2. The number of aromatic nitrogens is 3. The van der Waals surface area contributed by atoms with Crippen LogP contribution in [0.4, 0.5) is 0 Å². The van der Waals surface area contributed by atoms with E-state index in [0.717, 1.165) is 32.4 Å². The molecule has 1 saturated heterocycles. The predicted molar refractivity (Wildman–Crippen MR) is 115 cm³/mol. The summed E-state index contributed by atoms with van der Waals surface area (Å²) in [4.78, 5) is 25.1. The number of rotatable bonds is 6. The number of ether oxygens (including phenoxy) is 3. The van der Waals surface area contributed by atoms with E-state index < -0.39 is 0 Å². The number of hydrogen-bond donors (Lipinski definition) is 3. The maximum Gasteiger partial charge on any atom is 0.255 e. The number of aromatic amines is 1. The average molecular weight is 423 g/mol. The normalized spacial score (nSPS) is 15.9. The SMILES string of the molecule is CCCOc1ccc2c(c1-c1ncnc3c(C(=O)NC4CCNCC4)c[nH]c13)OCO2. The summed E-state index contributed by atoms with van der Waals surface area (Å²) in [7, 11) is 0. The molecule has 0 saturated carbocycles. The Kier molecular flexibility index (Phi) is 5.33. The molecule has 3 aromatic rings. The number of benzene rings is 1. The Bertz CT molecular complexity index is 1110. The van der Waals surface area contributed by atoms with Crippen LogP contribution in [-0.2, 0) is 0 Å². The molecule has 9 nitrogen and oxygen atoms in total. The summed E-state index contributed by atoms with van der Waals surface area (Å²) in [5.41, 5.74) is 3.03. The van der Waals surface area contributed by atoms with Crippen molar-refractivity contribution in [1.82, 2.24) is 25.6 Å². The van der Waals surface area contributed by atoms with E-state index in [1.54, 1.807) is 6.20 Å². The van der Waals surface area contributed by atoms with Gasteiger partial charge in [-0.15, -0.1) is 0 Å². The molecule has 3 N–H and O–H groups in total. The van der Waals surface area contributed by atoms with Gasteiger partial charge in [-0.3, -0.25) is 4.79 Å². The minimum atomic E-state index is -0.136. The van der Waals surface area contributed by atoms with E-state index in [9.17, 15) is 4.79 Å². The largest absolute Gasteiger partial charge is 0.493 e. The summed E-state index contributed by atoms with van der Waals surface area (Å²) in [6, 6.07) is 3.86. The van der Waals surface area contributed by atoms with Gasteiger partial charge in [0.1, 0.15) is 23.3 Å². The third-order valence-electron chi connectivity index (χ3n) is 5.58. The number of H-pyrrole nitrogens is 1. The molecule has 1 aromatic carbocycles. The van der Waals surface area contributed by atoms with Crippen LogP contribution in [0.25, 0.3) is 22.3 Å². The van der Waals surface area contributed by atoms with Gasteiger partial charge in [-0.1, -0.05) is 6.92 Å². The van der Waals surface area contributed by atoms with E-state index >= 15 is 0 Å². The van der Waals surface area contributed by atoms with Crippen molar-refractivity contribution in [3.63, 3.8) is 0 Å². The summed E-state index contributed by atoms with van der Waals surface area (Å²) >= 11 is 0. The van der Waals surface area contributed by atoms with Gasteiger partial charge < -0.3 is 29.8 Å². The lowest BCUT2D eigenvalue weighted by atomic mass is 10.1. The van der Waals surface area contributed by atoms with Crippen LogP contribution >= 0.6 is 0 Å². The Morgan fingerprint density at radius 2 is 2.13 bits per heavy atom. The molecule has 0 atom stereocenters. The molecule has 0 bridgehead atoms. The maximum absolute atomic E-state index is 12.9. The van der Waals surface area contributed by atoms with Gasteiger partial charge in [0.2, 0.25) is 6.79 Å². The molecule has 4 heterocycles. The highest BCUT2D eigenvalue weighted by Gasteiger charge is 2.27. The molecule has 2 aliphatic heterocycles. The summed E-state index contributed by atoms with van der Waals surface area (Å²) < 4.78 is 17.3. The van der Waals surface area contributed by atoms with Crippen LogP contribution in [0.1, 0.15) is 36.5 Å². The summed E-state index contributed by atoms with van der Waals surface area (Å²) in [5, 5.41) is 6.43. The number of fused-ring (bicyclic) bond motifs is 2. The van der Waals surface area contributed by atoms with Crippen LogP contribution in [0.5, 0.6) is 17.2 Å². The van der Waals surface area contributed by atoms with Crippen LogP contribution < -0.4 is 24.8 Å². The first-order valence-electron chi connectivity index (χ1n) is 10.7. The van der Waals surface area contributed by atoms with E-state index in [-0.39, 0.29) is 18.7 Å². The molecular formula is C22H25N5O4. The Labute approximate surface area is 179 Å². The van der Waals surface area contributed by atoms with Gasteiger partial charge in [-0.2, -0.15) is 0 Å². The Morgan fingerprint density at radius 3 is 2.97 bits per heavy atom. The van der Waals surface area contributed by atoms with Crippen molar-refractivity contribution in [3.05, 3.63) is 30.2 Å². The van der Waals surface area contributed by atoms with E-state index in [0.29, 0.717) is 51.7 Å². The van der Waals surface area contributed by atoms with E-state index in [2.05, 4.69) is 25.6 Å². The lowest BCUT2D eigenvalue weighted by Crippen LogP contribution is -2.42. The van der Waals surface area contributed by atoms with Crippen LogP contribution in [0.2, 0.25) is 0 Å². The molecule has 0 radical (unpaired) electrons. The molecule has 0 aliphatic carbocycles. The van der Waals surface area contributed by atoms with Gasteiger partial charge in [0.05, 0.1) is 23.3 Å². The Hall–Kier alpha value is -3.33. The fraction of sp³-hybridized carbons (Fsp3) is 0.409. The van der Waals surface area contributed by atoms with Gasteiger partial charge in [0.25, 0.3) is 5.91 Å². The van der Waals surface area contributed by atoms with E-state index in [1.165, 1.54) is 6.33 Å². The standard InChI is InChI=1S/C22H25N5O4/c1-2-9-29-15-3-4-16-21(31-12-30-16)17(15)19-20-18(25-11-26-19)14(10-24-20)22(28)27-13-5-7-23-8-6-13/h3-4,10-11,13,23-24H,2,5-9,12H2,1H3,(H,27,28). The minimum absolute atomic E-state index is 0.136. The highest BCUT2D eigenvalue weighted by molar-refractivity contribution is 6.08. The van der Waals surface area contributed by atoms with Crippen molar-refractivity contribution in [2.24, 2.45) is 0 Å². The third kappa shape index (κ3) is 3.65. The van der Waals surface area contributed by atoms with Gasteiger partial charge in [-0.05, 0) is 44.5 Å². The first-order valence-corrected chi connectivity index (χ1v) is 10.7. The minimum Gasteiger partial charge on any atom is -0.493 e.